The number of rotatable bonds is 3. The molecule has 2 saturated carbocycles. The van der Waals surface area contributed by atoms with E-state index >= 15 is 0 Å². The Labute approximate surface area is 152 Å². The fourth-order valence-corrected chi connectivity index (χ4v) is 6.60. The molecule has 0 radical (unpaired) electrons. The maximum atomic E-state index is 13.1. The molecule has 1 atom stereocenters. The molecule has 2 aromatic rings. The molecule has 2 aliphatic carbocycles. The number of thiophene rings is 1. The first-order chi connectivity index (χ1) is 12.2. The number of amides is 1. The predicted octanol–water partition coefficient (Wildman–Crippen LogP) is 4.14. The molecule has 5 fully saturated rings. The lowest BCUT2D eigenvalue weighted by Gasteiger charge is -2.52. The lowest BCUT2D eigenvalue weighted by Crippen LogP contribution is -2.65. The SMILES string of the molecule is O=C(N[C@@H]1C2CCN(CC2)C12CC2)c1cc2cccc(C3CC3)c2s1. The highest BCUT2D eigenvalue weighted by molar-refractivity contribution is 7.21. The van der Waals surface area contributed by atoms with Gasteiger partial charge >= 0.3 is 0 Å². The first-order valence-corrected chi connectivity index (χ1v) is 10.6. The number of nitrogens with zero attached hydrogens (tertiary/aromatic N) is 1. The van der Waals surface area contributed by atoms with E-state index in [1.54, 1.807) is 11.3 Å². The monoisotopic (exact) mass is 352 g/mol. The molecule has 25 heavy (non-hydrogen) atoms. The number of benzene rings is 1. The minimum Gasteiger partial charge on any atom is -0.346 e. The van der Waals surface area contributed by atoms with Crippen LogP contribution in [0.15, 0.2) is 24.3 Å². The minimum atomic E-state index is 0.160. The first kappa shape index (κ1) is 14.7. The maximum Gasteiger partial charge on any atom is 0.261 e. The molecular formula is C21H24N2OS. The number of carbonyl (C=O) groups excluding carboxylic acids is 1. The molecule has 1 aromatic heterocycles. The maximum absolute atomic E-state index is 13.1. The van der Waals surface area contributed by atoms with Crippen LogP contribution in [0.25, 0.3) is 10.1 Å². The second-order valence-corrected chi connectivity index (χ2v) is 9.58. The largest absolute Gasteiger partial charge is 0.346 e. The molecule has 1 N–H and O–H groups in total. The average molecular weight is 353 g/mol. The van der Waals surface area contributed by atoms with Crippen LogP contribution in [0, 0.1) is 5.92 Å². The van der Waals surface area contributed by atoms with Crippen LogP contribution in [-0.4, -0.2) is 35.5 Å². The molecule has 7 rings (SSSR count). The van der Waals surface area contributed by atoms with Crippen molar-refractivity contribution < 1.29 is 4.79 Å². The molecule has 3 aliphatic heterocycles. The van der Waals surface area contributed by atoms with Crippen molar-refractivity contribution in [2.75, 3.05) is 13.1 Å². The van der Waals surface area contributed by atoms with Crippen LogP contribution in [0.2, 0.25) is 0 Å². The molecule has 5 aliphatic rings. The lowest BCUT2D eigenvalue weighted by molar-refractivity contribution is -0.00138. The van der Waals surface area contributed by atoms with E-state index in [1.807, 2.05) is 0 Å². The summed E-state index contributed by atoms with van der Waals surface area (Å²) in [6.45, 7) is 2.48. The summed E-state index contributed by atoms with van der Waals surface area (Å²) in [5, 5.41) is 4.72. The number of nitrogens with one attached hydrogen (secondary N) is 1. The summed E-state index contributed by atoms with van der Waals surface area (Å²) in [6, 6.07) is 9.05. The number of hydrogen-bond acceptors (Lipinski definition) is 3. The molecule has 1 spiro atoms. The van der Waals surface area contributed by atoms with Gasteiger partial charge in [-0.05, 0) is 80.5 Å². The van der Waals surface area contributed by atoms with E-state index in [9.17, 15) is 4.79 Å². The summed E-state index contributed by atoms with van der Waals surface area (Å²) < 4.78 is 1.34. The standard InChI is InChI=1S/C21H24N2OS/c24-20(22-19-14-6-10-23(11-7-14)21(19)8-9-21)17-12-15-2-1-3-16(13-4-5-13)18(15)25-17/h1-3,12-14,19H,4-11H2,(H,22,24)/t19-/m1/s1. The summed E-state index contributed by atoms with van der Waals surface area (Å²) >= 11 is 1.70. The van der Waals surface area contributed by atoms with E-state index < -0.39 is 0 Å². The van der Waals surface area contributed by atoms with Gasteiger partial charge in [0.2, 0.25) is 0 Å². The van der Waals surface area contributed by atoms with Gasteiger partial charge in [-0.3, -0.25) is 9.69 Å². The zero-order chi connectivity index (χ0) is 16.6. The van der Waals surface area contributed by atoms with Gasteiger partial charge < -0.3 is 5.32 Å². The van der Waals surface area contributed by atoms with Gasteiger partial charge in [-0.1, -0.05) is 18.2 Å². The van der Waals surface area contributed by atoms with Gasteiger partial charge in [-0.15, -0.1) is 11.3 Å². The third-order valence-electron chi connectivity index (χ3n) is 7.08. The average Bonchev–Trinajstić information content (AvgIpc) is 3.56. The van der Waals surface area contributed by atoms with E-state index in [0.717, 1.165) is 10.8 Å². The Balaban J connectivity index is 1.30. The van der Waals surface area contributed by atoms with Crippen molar-refractivity contribution in [1.29, 1.82) is 0 Å². The Bertz CT molecular complexity index is 856. The van der Waals surface area contributed by atoms with Gasteiger partial charge in [0, 0.05) is 10.2 Å². The van der Waals surface area contributed by atoms with Gasteiger partial charge in [0.25, 0.3) is 5.91 Å². The second-order valence-electron chi connectivity index (χ2n) is 8.53. The quantitative estimate of drug-likeness (QED) is 0.900. The fraction of sp³-hybridized carbons (Fsp3) is 0.571. The Morgan fingerprint density at radius 1 is 1.16 bits per heavy atom. The molecule has 4 heterocycles. The van der Waals surface area contributed by atoms with Crippen LogP contribution in [0.1, 0.15) is 59.7 Å². The van der Waals surface area contributed by atoms with Gasteiger partial charge in [0.05, 0.1) is 10.9 Å². The molecule has 4 heteroatoms. The highest BCUT2D eigenvalue weighted by Gasteiger charge is 2.60. The van der Waals surface area contributed by atoms with Crippen molar-refractivity contribution in [3.05, 3.63) is 34.7 Å². The smallest absolute Gasteiger partial charge is 0.261 e. The molecule has 3 saturated heterocycles. The van der Waals surface area contributed by atoms with Crippen LogP contribution in [0.5, 0.6) is 0 Å². The topological polar surface area (TPSA) is 32.3 Å². The number of fused-ring (bicyclic) bond motifs is 3. The predicted molar refractivity (Wildman–Crippen MR) is 101 cm³/mol. The zero-order valence-corrected chi connectivity index (χ0v) is 15.3. The van der Waals surface area contributed by atoms with Crippen molar-refractivity contribution in [3.63, 3.8) is 0 Å². The number of piperidine rings is 3. The Morgan fingerprint density at radius 2 is 1.96 bits per heavy atom. The highest BCUT2D eigenvalue weighted by atomic mass is 32.1. The van der Waals surface area contributed by atoms with Crippen LogP contribution in [0.3, 0.4) is 0 Å². The van der Waals surface area contributed by atoms with Crippen LogP contribution >= 0.6 is 11.3 Å². The number of hydrogen-bond donors (Lipinski definition) is 1. The summed E-state index contributed by atoms with van der Waals surface area (Å²) in [6.07, 6.45) is 7.66. The molecule has 3 nitrogen and oxygen atoms in total. The van der Waals surface area contributed by atoms with Crippen LogP contribution in [0.4, 0.5) is 0 Å². The third kappa shape index (κ3) is 2.16. The van der Waals surface area contributed by atoms with Gasteiger partial charge in [0.15, 0.2) is 0 Å². The fourth-order valence-electron chi connectivity index (χ4n) is 5.45. The molecule has 1 aromatic carbocycles. The van der Waals surface area contributed by atoms with E-state index in [0.29, 0.717) is 17.5 Å². The highest BCUT2D eigenvalue weighted by Crippen LogP contribution is 2.54. The summed E-state index contributed by atoms with van der Waals surface area (Å²) in [5.74, 6) is 1.58. The Kier molecular flexibility index (Phi) is 2.99. The Morgan fingerprint density at radius 3 is 2.68 bits per heavy atom. The number of carbonyl (C=O) groups is 1. The second kappa shape index (κ2) is 5.08. The lowest BCUT2D eigenvalue weighted by atomic mass is 9.77. The summed E-state index contributed by atoms with van der Waals surface area (Å²) in [5.41, 5.74) is 1.77. The van der Waals surface area contributed by atoms with Crippen molar-refractivity contribution in [2.45, 2.75) is 56.0 Å². The van der Waals surface area contributed by atoms with E-state index in [4.69, 9.17) is 0 Å². The Hall–Kier alpha value is -1.39. The van der Waals surface area contributed by atoms with E-state index in [2.05, 4.69) is 34.5 Å². The van der Waals surface area contributed by atoms with Crippen molar-refractivity contribution in [1.82, 2.24) is 10.2 Å². The first-order valence-electron chi connectivity index (χ1n) is 9.83. The molecular weight excluding hydrogens is 328 g/mol. The molecule has 0 unspecified atom stereocenters. The minimum absolute atomic E-state index is 0.160. The van der Waals surface area contributed by atoms with E-state index in [1.165, 1.54) is 67.3 Å². The van der Waals surface area contributed by atoms with E-state index in [-0.39, 0.29) is 5.91 Å². The van der Waals surface area contributed by atoms with Gasteiger partial charge in [0.1, 0.15) is 0 Å². The van der Waals surface area contributed by atoms with Crippen molar-refractivity contribution >= 4 is 27.3 Å². The van der Waals surface area contributed by atoms with Gasteiger partial charge in [-0.2, -0.15) is 0 Å². The van der Waals surface area contributed by atoms with Crippen molar-refractivity contribution in [3.8, 4) is 0 Å². The van der Waals surface area contributed by atoms with Crippen molar-refractivity contribution in [2.24, 2.45) is 5.92 Å². The van der Waals surface area contributed by atoms with Crippen LogP contribution in [-0.2, 0) is 0 Å². The van der Waals surface area contributed by atoms with Crippen LogP contribution < -0.4 is 5.32 Å². The third-order valence-corrected chi connectivity index (χ3v) is 8.28. The summed E-state index contributed by atoms with van der Waals surface area (Å²) in [4.78, 5) is 16.6. The molecule has 2 bridgehead atoms. The normalized spacial score (nSPS) is 32.2. The molecule has 130 valence electrons. The zero-order valence-electron chi connectivity index (χ0n) is 14.5. The summed E-state index contributed by atoms with van der Waals surface area (Å²) in [7, 11) is 0. The van der Waals surface area contributed by atoms with Gasteiger partial charge in [-0.25, -0.2) is 0 Å². The molecule has 1 amide bonds.